The highest BCUT2D eigenvalue weighted by Crippen LogP contribution is 2.32. The number of azide groups is 1. The Bertz CT molecular complexity index is 781. The van der Waals surface area contributed by atoms with Crippen molar-refractivity contribution < 1.29 is 13.2 Å². The third-order valence-electron chi connectivity index (χ3n) is 4.06. The lowest BCUT2D eigenvalue weighted by Crippen LogP contribution is -2.37. The largest absolute Gasteiger partial charge is 0.416 e. The van der Waals surface area contributed by atoms with Crippen LogP contribution in [-0.2, 0) is 19.1 Å². The van der Waals surface area contributed by atoms with Gasteiger partial charge in [0.25, 0.3) is 0 Å². The average molecular weight is 332 g/mol. The van der Waals surface area contributed by atoms with Gasteiger partial charge in [0, 0.05) is 23.7 Å². The van der Waals surface area contributed by atoms with E-state index in [-0.39, 0.29) is 6.04 Å². The first-order valence-electron chi connectivity index (χ1n) is 7.50. The summed E-state index contributed by atoms with van der Waals surface area (Å²) in [7, 11) is 0. The molecule has 1 aliphatic heterocycles. The molecule has 2 aromatic carbocycles. The van der Waals surface area contributed by atoms with Gasteiger partial charge in [-0.25, -0.2) is 0 Å². The number of fused-ring (bicyclic) bond motifs is 1. The Kier molecular flexibility index (Phi) is 4.36. The summed E-state index contributed by atoms with van der Waals surface area (Å²) < 4.78 is 38.6. The minimum atomic E-state index is -4.36. The number of hydrogen-bond donors (Lipinski definition) is 0. The van der Waals surface area contributed by atoms with Crippen molar-refractivity contribution >= 4 is 5.69 Å². The van der Waals surface area contributed by atoms with Gasteiger partial charge in [-0.1, -0.05) is 35.4 Å². The summed E-state index contributed by atoms with van der Waals surface area (Å²) >= 11 is 0. The lowest BCUT2D eigenvalue weighted by molar-refractivity contribution is -0.137. The van der Waals surface area contributed by atoms with Crippen LogP contribution in [0.25, 0.3) is 10.4 Å². The van der Waals surface area contributed by atoms with E-state index in [1.165, 1.54) is 12.1 Å². The minimum absolute atomic E-state index is 0.226. The van der Waals surface area contributed by atoms with Crippen LogP contribution in [0.1, 0.15) is 16.7 Å². The zero-order valence-corrected chi connectivity index (χ0v) is 12.7. The van der Waals surface area contributed by atoms with Crippen molar-refractivity contribution in [2.45, 2.75) is 25.2 Å². The van der Waals surface area contributed by atoms with Crippen LogP contribution in [0.5, 0.6) is 0 Å². The molecule has 1 unspecified atom stereocenters. The second-order valence-corrected chi connectivity index (χ2v) is 5.77. The van der Waals surface area contributed by atoms with E-state index < -0.39 is 11.7 Å². The molecule has 7 heteroatoms. The van der Waals surface area contributed by atoms with Crippen molar-refractivity contribution in [3.8, 4) is 0 Å². The van der Waals surface area contributed by atoms with Gasteiger partial charge in [0.05, 0.1) is 11.6 Å². The number of nitrogens with zero attached hydrogens (tertiary/aromatic N) is 4. The van der Waals surface area contributed by atoms with Crippen LogP contribution < -0.4 is 4.90 Å². The van der Waals surface area contributed by atoms with Crippen molar-refractivity contribution in [1.82, 2.24) is 0 Å². The Balaban J connectivity index is 1.90. The van der Waals surface area contributed by atoms with Gasteiger partial charge in [0.1, 0.15) is 0 Å². The van der Waals surface area contributed by atoms with Gasteiger partial charge in [-0.15, -0.1) is 0 Å². The van der Waals surface area contributed by atoms with E-state index in [1.807, 2.05) is 29.2 Å². The van der Waals surface area contributed by atoms with E-state index in [0.29, 0.717) is 25.1 Å². The topological polar surface area (TPSA) is 52.0 Å². The monoisotopic (exact) mass is 332 g/mol. The molecule has 0 saturated carbocycles. The summed E-state index contributed by atoms with van der Waals surface area (Å²) in [5.74, 6) is 0. The Morgan fingerprint density at radius 1 is 1.17 bits per heavy atom. The maximum absolute atomic E-state index is 12.9. The molecule has 1 heterocycles. The maximum atomic E-state index is 12.9. The van der Waals surface area contributed by atoms with Crippen molar-refractivity contribution in [1.29, 1.82) is 0 Å². The van der Waals surface area contributed by atoms with E-state index in [9.17, 15) is 13.2 Å². The van der Waals surface area contributed by atoms with Crippen LogP contribution in [0.4, 0.5) is 18.9 Å². The van der Waals surface area contributed by atoms with E-state index in [4.69, 9.17) is 5.53 Å². The SMILES string of the molecule is [N-]=[N+]=NC1Cc2ccccc2N(Cc2cccc(C(F)(F)F)c2)C1. The number of hydrogen-bond acceptors (Lipinski definition) is 2. The number of anilines is 1. The molecule has 0 saturated heterocycles. The normalized spacial score (nSPS) is 17.1. The lowest BCUT2D eigenvalue weighted by atomic mass is 9.97. The first-order valence-corrected chi connectivity index (χ1v) is 7.50. The van der Waals surface area contributed by atoms with Gasteiger partial charge in [-0.05, 0) is 41.3 Å². The third kappa shape index (κ3) is 3.46. The van der Waals surface area contributed by atoms with Crippen molar-refractivity contribution in [2.24, 2.45) is 5.11 Å². The molecular weight excluding hydrogens is 317 g/mol. The Morgan fingerprint density at radius 2 is 1.96 bits per heavy atom. The molecule has 3 rings (SSSR count). The van der Waals surface area contributed by atoms with Crippen LogP contribution in [0.15, 0.2) is 53.6 Å². The van der Waals surface area contributed by atoms with E-state index in [0.717, 1.165) is 17.3 Å². The molecule has 0 bridgehead atoms. The highest BCUT2D eigenvalue weighted by atomic mass is 19.4. The Morgan fingerprint density at radius 3 is 2.71 bits per heavy atom. The molecule has 0 fully saturated rings. The number of benzene rings is 2. The van der Waals surface area contributed by atoms with Crippen molar-refractivity contribution in [2.75, 3.05) is 11.4 Å². The summed E-state index contributed by atoms with van der Waals surface area (Å²) in [6, 6.07) is 12.8. The van der Waals surface area contributed by atoms with Crippen LogP contribution in [0.3, 0.4) is 0 Å². The predicted molar refractivity (Wildman–Crippen MR) is 85.6 cm³/mol. The highest BCUT2D eigenvalue weighted by molar-refractivity contribution is 5.56. The van der Waals surface area contributed by atoms with Crippen LogP contribution in [0.2, 0.25) is 0 Å². The summed E-state index contributed by atoms with van der Waals surface area (Å²) in [6.45, 7) is 0.815. The zero-order valence-electron chi connectivity index (χ0n) is 12.7. The molecule has 1 atom stereocenters. The number of halogens is 3. The molecule has 0 aromatic heterocycles. The summed E-state index contributed by atoms with van der Waals surface area (Å²) in [6.07, 6.45) is -3.72. The summed E-state index contributed by atoms with van der Waals surface area (Å²) in [5, 5.41) is 3.79. The average Bonchev–Trinajstić information content (AvgIpc) is 2.55. The molecular formula is C17H15F3N4. The van der Waals surface area contributed by atoms with Gasteiger partial charge in [-0.3, -0.25) is 0 Å². The molecule has 124 valence electrons. The maximum Gasteiger partial charge on any atom is 0.416 e. The van der Waals surface area contributed by atoms with Gasteiger partial charge in [0.2, 0.25) is 0 Å². The Labute approximate surface area is 137 Å². The molecule has 0 aliphatic carbocycles. The highest BCUT2D eigenvalue weighted by Gasteiger charge is 2.31. The smallest absolute Gasteiger partial charge is 0.367 e. The fraction of sp³-hybridized carbons (Fsp3) is 0.294. The second kappa shape index (κ2) is 6.45. The van der Waals surface area contributed by atoms with Gasteiger partial charge >= 0.3 is 6.18 Å². The van der Waals surface area contributed by atoms with E-state index >= 15 is 0 Å². The van der Waals surface area contributed by atoms with Crippen LogP contribution in [0, 0.1) is 0 Å². The zero-order chi connectivity index (χ0) is 17.2. The standard InChI is InChI=1S/C17H15F3N4/c18-17(19,20)14-6-3-4-12(8-14)10-24-11-15(22-23-21)9-13-5-1-2-7-16(13)24/h1-8,15H,9-11H2. The fourth-order valence-electron chi connectivity index (χ4n) is 3.03. The third-order valence-corrected chi connectivity index (χ3v) is 4.06. The van der Waals surface area contributed by atoms with Crippen molar-refractivity contribution in [3.05, 3.63) is 75.7 Å². The first kappa shape index (κ1) is 16.2. The van der Waals surface area contributed by atoms with Crippen LogP contribution in [-0.4, -0.2) is 12.6 Å². The molecule has 2 aromatic rings. The molecule has 0 spiro atoms. The summed E-state index contributed by atoms with van der Waals surface area (Å²) in [4.78, 5) is 4.84. The van der Waals surface area contributed by atoms with E-state index in [2.05, 4.69) is 10.0 Å². The van der Waals surface area contributed by atoms with Gasteiger partial charge in [0.15, 0.2) is 0 Å². The quantitative estimate of drug-likeness (QED) is 0.446. The van der Waals surface area contributed by atoms with E-state index in [1.54, 1.807) is 6.07 Å². The molecule has 0 N–H and O–H groups in total. The fourth-order valence-corrected chi connectivity index (χ4v) is 3.03. The predicted octanol–water partition coefficient (Wildman–Crippen LogP) is 4.95. The van der Waals surface area contributed by atoms with Gasteiger partial charge < -0.3 is 4.90 Å². The first-order chi connectivity index (χ1) is 11.5. The molecule has 1 aliphatic rings. The second-order valence-electron chi connectivity index (χ2n) is 5.77. The molecule has 0 amide bonds. The molecule has 4 nitrogen and oxygen atoms in total. The molecule has 24 heavy (non-hydrogen) atoms. The number of alkyl halides is 3. The Hall–Kier alpha value is -2.66. The molecule has 0 radical (unpaired) electrons. The number of para-hydroxylation sites is 1. The number of rotatable bonds is 3. The van der Waals surface area contributed by atoms with Crippen molar-refractivity contribution in [3.63, 3.8) is 0 Å². The lowest BCUT2D eigenvalue weighted by Gasteiger charge is -2.34. The van der Waals surface area contributed by atoms with Crippen LogP contribution >= 0.6 is 0 Å². The minimum Gasteiger partial charge on any atom is -0.367 e. The van der Waals surface area contributed by atoms with Gasteiger partial charge in [-0.2, -0.15) is 13.2 Å². The summed E-state index contributed by atoms with van der Waals surface area (Å²) in [5.41, 5.74) is 10.6.